The van der Waals surface area contributed by atoms with Gasteiger partial charge in [-0.15, -0.1) is 0 Å². The Kier molecular flexibility index (Phi) is 1.84. The summed E-state index contributed by atoms with van der Waals surface area (Å²) in [7, 11) is 0. The van der Waals surface area contributed by atoms with Crippen molar-refractivity contribution < 1.29 is 0 Å². The molecule has 0 fully saturated rings. The van der Waals surface area contributed by atoms with Gasteiger partial charge in [-0.2, -0.15) is 0 Å². The number of nitrogens with zero attached hydrogens (tertiary/aromatic N) is 2. The highest BCUT2D eigenvalue weighted by Crippen LogP contribution is 2.31. The summed E-state index contributed by atoms with van der Waals surface area (Å²) in [6.07, 6.45) is 3.78. The Hall–Kier alpha value is -1.31. The number of rotatable bonds is 0. The topological polar surface area (TPSA) is 17.3 Å². The smallest absolute Gasteiger partial charge is 0.137 e. The fourth-order valence-electron chi connectivity index (χ4n) is 2.69. The van der Waals surface area contributed by atoms with E-state index in [1.54, 1.807) is 0 Å². The quantitative estimate of drug-likeness (QED) is 0.638. The maximum Gasteiger partial charge on any atom is 0.137 e. The third kappa shape index (κ3) is 1.21. The molecule has 0 saturated heterocycles. The molecule has 0 spiro atoms. The van der Waals surface area contributed by atoms with Gasteiger partial charge in [-0.25, -0.2) is 4.98 Å². The molecule has 2 aromatic rings. The molecule has 0 aliphatic heterocycles. The Labute approximate surface area is 90.0 Å². The highest BCUT2D eigenvalue weighted by atomic mass is 15.0. The maximum atomic E-state index is 4.76. The van der Waals surface area contributed by atoms with Gasteiger partial charge in [0.25, 0.3) is 0 Å². The molecule has 78 valence electrons. The molecule has 1 aliphatic carbocycles. The Bertz CT molecular complexity index is 510. The second-order valence-electron chi connectivity index (χ2n) is 4.60. The summed E-state index contributed by atoms with van der Waals surface area (Å²) in [4.78, 5) is 4.76. The van der Waals surface area contributed by atoms with Crippen LogP contribution in [-0.4, -0.2) is 9.38 Å². The third-order valence-corrected chi connectivity index (χ3v) is 3.48. The normalized spacial score (nSPS) is 20.5. The van der Waals surface area contributed by atoms with Crippen molar-refractivity contribution in [3.8, 4) is 0 Å². The van der Waals surface area contributed by atoms with Crippen LogP contribution in [0.1, 0.15) is 42.8 Å². The lowest BCUT2D eigenvalue weighted by atomic mass is 9.91. The SMILES string of the molecule is Cc1cccc2nc3c(n12)CCCC3C. The van der Waals surface area contributed by atoms with E-state index in [0.29, 0.717) is 5.92 Å². The van der Waals surface area contributed by atoms with Gasteiger partial charge in [0.2, 0.25) is 0 Å². The molecule has 0 amide bonds. The molecule has 2 heteroatoms. The van der Waals surface area contributed by atoms with Crippen molar-refractivity contribution in [2.45, 2.75) is 39.0 Å². The minimum Gasteiger partial charge on any atom is -0.301 e. The number of fused-ring (bicyclic) bond motifs is 3. The van der Waals surface area contributed by atoms with Crippen LogP contribution in [0.15, 0.2) is 18.2 Å². The van der Waals surface area contributed by atoms with Gasteiger partial charge in [0.05, 0.1) is 5.69 Å². The Morgan fingerprint density at radius 2 is 2.27 bits per heavy atom. The van der Waals surface area contributed by atoms with Gasteiger partial charge in [-0.3, -0.25) is 0 Å². The number of imidazole rings is 1. The predicted molar refractivity (Wildman–Crippen MR) is 61.3 cm³/mol. The first kappa shape index (κ1) is 8.96. The maximum absolute atomic E-state index is 4.76. The van der Waals surface area contributed by atoms with Gasteiger partial charge in [-0.1, -0.05) is 13.0 Å². The molecule has 2 nitrogen and oxygen atoms in total. The minimum absolute atomic E-state index is 0.632. The highest BCUT2D eigenvalue weighted by molar-refractivity contribution is 5.46. The van der Waals surface area contributed by atoms with Crippen molar-refractivity contribution in [2.24, 2.45) is 0 Å². The van der Waals surface area contributed by atoms with Crippen LogP contribution in [0.2, 0.25) is 0 Å². The Morgan fingerprint density at radius 3 is 3.13 bits per heavy atom. The predicted octanol–water partition coefficient (Wildman–Crippen LogP) is 3.08. The summed E-state index contributed by atoms with van der Waals surface area (Å²) in [5.41, 5.74) is 5.20. The van der Waals surface area contributed by atoms with Gasteiger partial charge in [0.15, 0.2) is 0 Å². The zero-order valence-electron chi connectivity index (χ0n) is 9.33. The van der Waals surface area contributed by atoms with Crippen LogP contribution >= 0.6 is 0 Å². The fourth-order valence-corrected chi connectivity index (χ4v) is 2.69. The van der Waals surface area contributed by atoms with E-state index in [4.69, 9.17) is 4.98 Å². The summed E-state index contributed by atoms with van der Waals surface area (Å²) >= 11 is 0. The summed E-state index contributed by atoms with van der Waals surface area (Å²) in [6.45, 7) is 4.45. The Balaban J connectivity index is 2.36. The van der Waals surface area contributed by atoms with Crippen molar-refractivity contribution in [3.63, 3.8) is 0 Å². The first-order valence-corrected chi connectivity index (χ1v) is 5.74. The molecule has 0 saturated carbocycles. The molecule has 0 aromatic carbocycles. The van der Waals surface area contributed by atoms with E-state index in [1.165, 1.54) is 36.3 Å². The first-order valence-electron chi connectivity index (χ1n) is 5.74. The number of aryl methyl sites for hydroxylation is 2. The standard InChI is InChI=1S/C13H16N2/c1-9-5-3-7-11-13(9)14-12-8-4-6-10(2)15(11)12/h4,6,8-9H,3,5,7H2,1-2H3. The lowest BCUT2D eigenvalue weighted by molar-refractivity contribution is 0.569. The largest absolute Gasteiger partial charge is 0.301 e. The molecule has 1 unspecified atom stereocenters. The van der Waals surface area contributed by atoms with Gasteiger partial charge in [0, 0.05) is 17.3 Å². The average molecular weight is 200 g/mol. The summed E-state index contributed by atoms with van der Waals surface area (Å²) in [5, 5.41) is 0. The average Bonchev–Trinajstić information content (AvgIpc) is 2.59. The van der Waals surface area contributed by atoms with E-state index in [-0.39, 0.29) is 0 Å². The van der Waals surface area contributed by atoms with E-state index in [0.717, 1.165) is 5.65 Å². The number of hydrogen-bond donors (Lipinski definition) is 0. The molecule has 15 heavy (non-hydrogen) atoms. The minimum atomic E-state index is 0.632. The van der Waals surface area contributed by atoms with Crippen LogP contribution < -0.4 is 0 Å². The van der Waals surface area contributed by atoms with Gasteiger partial charge >= 0.3 is 0 Å². The molecular weight excluding hydrogens is 184 g/mol. The van der Waals surface area contributed by atoms with Crippen LogP contribution in [0.3, 0.4) is 0 Å². The number of aromatic nitrogens is 2. The van der Waals surface area contributed by atoms with Crippen LogP contribution in [0.4, 0.5) is 0 Å². The second-order valence-corrected chi connectivity index (χ2v) is 4.60. The van der Waals surface area contributed by atoms with E-state index < -0.39 is 0 Å². The summed E-state index contributed by atoms with van der Waals surface area (Å²) < 4.78 is 2.32. The van der Waals surface area contributed by atoms with E-state index in [1.807, 2.05) is 0 Å². The lowest BCUT2D eigenvalue weighted by Crippen LogP contribution is -2.08. The molecule has 0 bridgehead atoms. The summed E-state index contributed by atoms with van der Waals surface area (Å²) in [5.74, 6) is 0.632. The molecule has 0 N–H and O–H groups in total. The monoisotopic (exact) mass is 200 g/mol. The lowest BCUT2D eigenvalue weighted by Gasteiger charge is -2.17. The van der Waals surface area contributed by atoms with E-state index >= 15 is 0 Å². The molecule has 3 rings (SSSR count). The van der Waals surface area contributed by atoms with Crippen molar-refractivity contribution in [1.29, 1.82) is 0 Å². The Morgan fingerprint density at radius 1 is 1.40 bits per heavy atom. The zero-order valence-corrected chi connectivity index (χ0v) is 9.33. The molecule has 2 aromatic heterocycles. The van der Waals surface area contributed by atoms with Crippen molar-refractivity contribution in [3.05, 3.63) is 35.3 Å². The van der Waals surface area contributed by atoms with Crippen LogP contribution in [0, 0.1) is 6.92 Å². The molecule has 1 aliphatic rings. The number of hydrogen-bond acceptors (Lipinski definition) is 1. The van der Waals surface area contributed by atoms with Crippen LogP contribution in [-0.2, 0) is 6.42 Å². The van der Waals surface area contributed by atoms with Crippen molar-refractivity contribution in [1.82, 2.24) is 9.38 Å². The summed E-state index contributed by atoms with van der Waals surface area (Å²) in [6, 6.07) is 6.36. The second kappa shape index (κ2) is 3.09. The van der Waals surface area contributed by atoms with Crippen molar-refractivity contribution in [2.75, 3.05) is 0 Å². The van der Waals surface area contributed by atoms with Crippen molar-refractivity contribution >= 4 is 5.65 Å². The van der Waals surface area contributed by atoms with E-state index in [2.05, 4.69) is 36.4 Å². The fraction of sp³-hybridized carbons (Fsp3) is 0.462. The number of pyridine rings is 1. The molecule has 2 heterocycles. The molecular formula is C13H16N2. The van der Waals surface area contributed by atoms with Gasteiger partial charge < -0.3 is 4.40 Å². The first-order chi connectivity index (χ1) is 7.27. The molecule has 0 radical (unpaired) electrons. The zero-order chi connectivity index (χ0) is 10.4. The van der Waals surface area contributed by atoms with Gasteiger partial charge in [-0.05, 0) is 38.3 Å². The third-order valence-electron chi connectivity index (χ3n) is 3.48. The van der Waals surface area contributed by atoms with Crippen LogP contribution in [0.5, 0.6) is 0 Å². The van der Waals surface area contributed by atoms with Gasteiger partial charge in [0.1, 0.15) is 5.65 Å². The molecule has 1 atom stereocenters. The highest BCUT2D eigenvalue weighted by Gasteiger charge is 2.22. The van der Waals surface area contributed by atoms with E-state index in [9.17, 15) is 0 Å². The van der Waals surface area contributed by atoms with Crippen LogP contribution in [0.25, 0.3) is 5.65 Å².